The van der Waals surface area contributed by atoms with Crippen LogP contribution < -0.4 is 25.0 Å². The lowest BCUT2D eigenvalue weighted by atomic mass is 10.1. The zero-order valence-electron chi connectivity index (χ0n) is 22.3. The van der Waals surface area contributed by atoms with Crippen molar-refractivity contribution in [2.45, 2.75) is 32.4 Å². The van der Waals surface area contributed by atoms with E-state index in [9.17, 15) is 9.59 Å². The number of ether oxygens (including phenoxy) is 3. The molecular formula is C30H28Cl3N3O5. The molecule has 0 aliphatic rings. The molecule has 0 aromatic heterocycles. The normalized spacial score (nSPS) is 12.2. The Labute approximate surface area is 253 Å². The lowest BCUT2D eigenvalue weighted by molar-refractivity contribution is -0.132. The summed E-state index contributed by atoms with van der Waals surface area (Å²) in [6.45, 7) is 3.76. The third-order valence-electron chi connectivity index (χ3n) is 5.50. The Balaban J connectivity index is 1.73. The average Bonchev–Trinajstić information content (AvgIpc) is 2.94. The molecular weight excluding hydrogens is 589 g/mol. The SMILES string of the molecule is C#CCOc1c(Cl)cc(/C=N\NC(=O)[C@@H](Cc2ccccc2)NC(=O)[C@H](C)Oc2ccc(Cl)cc2Cl)cc1OCC. The molecule has 0 aliphatic heterocycles. The van der Waals surface area contributed by atoms with E-state index in [2.05, 4.69) is 21.8 Å². The molecule has 3 aromatic carbocycles. The smallest absolute Gasteiger partial charge is 0.262 e. The summed E-state index contributed by atoms with van der Waals surface area (Å²) in [7, 11) is 0. The number of nitrogens with one attached hydrogen (secondary N) is 2. The molecule has 0 saturated heterocycles. The Bertz CT molecular complexity index is 1430. The maximum atomic E-state index is 13.1. The van der Waals surface area contributed by atoms with Crippen LogP contribution in [0.4, 0.5) is 0 Å². The molecule has 2 amide bonds. The van der Waals surface area contributed by atoms with Gasteiger partial charge in [0, 0.05) is 11.4 Å². The number of hydrogen-bond acceptors (Lipinski definition) is 6. The van der Waals surface area contributed by atoms with Crippen LogP contribution in [-0.2, 0) is 16.0 Å². The van der Waals surface area contributed by atoms with Gasteiger partial charge in [-0.05, 0) is 55.3 Å². The molecule has 41 heavy (non-hydrogen) atoms. The van der Waals surface area contributed by atoms with Gasteiger partial charge in [0.1, 0.15) is 18.4 Å². The van der Waals surface area contributed by atoms with E-state index >= 15 is 0 Å². The second-order valence-electron chi connectivity index (χ2n) is 8.58. The number of carbonyl (C=O) groups is 2. The van der Waals surface area contributed by atoms with Crippen molar-refractivity contribution in [3.63, 3.8) is 0 Å². The number of carbonyl (C=O) groups excluding carboxylic acids is 2. The Hall–Kier alpha value is -3.90. The molecule has 8 nitrogen and oxygen atoms in total. The standard InChI is InChI=1S/C30H28Cl3N3O5/c1-4-13-40-28-24(33)14-21(16-27(28)39-5-2)18-34-36-30(38)25(15-20-9-7-6-8-10-20)35-29(37)19(3)41-26-12-11-22(31)17-23(26)32/h1,6-12,14,16-19,25H,5,13,15H2,2-3H3,(H,35,37)(H,36,38)/b34-18-/t19-,25+/m0/s1. The van der Waals surface area contributed by atoms with Crippen LogP contribution in [0.5, 0.6) is 17.2 Å². The van der Waals surface area contributed by atoms with Crippen LogP contribution >= 0.6 is 34.8 Å². The van der Waals surface area contributed by atoms with Crippen LogP contribution in [0.25, 0.3) is 0 Å². The van der Waals surface area contributed by atoms with Crippen molar-refractivity contribution in [3.8, 4) is 29.6 Å². The molecule has 0 spiro atoms. The first-order valence-electron chi connectivity index (χ1n) is 12.5. The van der Waals surface area contributed by atoms with Gasteiger partial charge >= 0.3 is 0 Å². The van der Waals surface area contributed by atoms with E-state index in [1.807, 2.05) is 37.3 Å². The van der Waals surface area contributed by atoms with Crippen LogP contribution in [0.1, 0.15) is 25.0 Å². The van der Waals surface area contributed by atoms with Crippen molar-refractivity contribution in [2.75, 3.05) is 13.2 Å². The van der Waals surface area contributed by atoms with Crippen molar-refractivity contribution in [1.29, 1.82) is 0 Å². The van der Waals surface area contributed by atoms with E-state index in [1.165, 1.54) is 12.3 Å². The summed E-state index contributed by atoms with van der Waals surface area (Å²) in [5.74, 6) is 2.30. The van der Waals surface area contributed by atoms with Gasteiger partial charge in [-0.2, -0.15) is 5.10 Å². The lowest BCUT2D eigenvalue weighted by Gasteiger charge is -2.21. The predicted octanol–water partition coefficient (Wildman–Crippen LogP) is 5.70. The molecule has 2 N–H and O–H groups in total. The molecule has 2 atom stereocenters. The molecule has 214 valence electrons. The van der Waals surface area contributed by atoms with E-state index < -0.39 is 24.0 Å². The third-order valence-corrected chi connectivity index (χ3v) is 6.31. The predicted molar refractivity (Wildman–Crippen MR) is 161 cm³/mol. The van der Waals surface area contributed by atoms with Gasteiger partial charge in [0.05, 0.1) is 22.9 Å². The Morgan fingerprint density at radius 3 is 2.44 bits per heavy atom. The zero-order valence-corrected chi connectivity index (χ0v) is 24.6. The van der Waals surface area contributed by atoms with Gasteiger partial charge < -0.3 is 19.5 Å². The Morgan fingerprint density at radius 2 is 1.76 bits per heavy atom. The van der Waals surface area contributed by atoms with Crippen molar-refractivity contribution >= 4 is 52.8 Å². The summed E-state index contributed by atoms with van der Waals surface area (Å²) in [5.41, 5.74) is 3.85. The quantitative estimate of drug-likeness (QED) is 0.146. The number of halogens is 3. The molecule has 3 rings (SSSR count). The van der Waals surface area contributed by atoms with Gasteiger partial charge in [0.15, 0.2) is 17.6 Å². The van der Waals surface area contributed by atoms with Gasteiger partial charge in [0.25, 0.3) is 11.8 Å². The summed E-state index contributed by atoms with van der Waals surface area (Å²) in [6.07, 6.45) is 5.92. The number of rotatable bonds is 13. The first-order chi connectivity index (χ1) is 19.7. The first-order valence-corrected chi connectivity index (χ1v) is 13.7. The summed E-state index contributed by atoms with van der Waals surface area (Å²) in [6, 6.07) is 16.2. The Kier molecular flexibility index (Phi) is 12.2. The summed E-state index contributed by atoms with van der Waals surface area (Å²) < 4.78 is 16.8. The van der Waals surface area contributed by atoms with E-state index in [0.29, 0.717) is 28.7 Å². The number of terminal acetylenes is 1. The van der Waals surface area contributed by atoms with Crippen LogP contribution in [0, 0.1) is 12.3 Å². The number of hydrogen-bond donors (Lipinski definition) is 2. The highest BCUT2D eigenvalue weighted by atomic mass is 35.5. The molecule has 0 unspecified atom stereocenters. The van der Waals surface area contributed by atoms with Crippen LogP contribution in [0.15, 0.2) is 65.8 Å². The van der Waals surface area contributed by atoms with Crippen molar-refractivity contribution < 1.29 is 23.8 Å². The molecule has 0 fully saturated rings. The van der Waals surface area contributed by atoms with Gasteiger partial charge in [-0.15, -0.1) is 6.42 Å². The van der Waals surface area contributed by atoms with Crippen LogP contribution in [0.3, 0.4) is 0 Å². The fraction of sp³-hybridized carbons (Fsp3) is 0.233. The highest BCUT2D eigenvalue weighted by Crippen LogP contribution is 2.36. The van der Waals surface area contributed by atoms with Crippen LogP contribution in [0.2, 0.25) is 15.1 Å². The van der Waals surface area contributed by atoms with E-state index in [4.69, 9.17) is 55.4 Å². The third kappa shape index (κ3) is 9.61. The molecule has 0 radical (unpaired) electrons. The number of benzene rings is 3. The second kappa shape index (κ2) is 15.8. The molecule has 0 aliphatic carbocycles. The summed E-state index contributed by atoms with van der Waals surface area (Å²) in [4.78, 5) is 26.1. The minimum atomic E-state index is -0.962. The molecule has 11 heteroatoms. The van der Waals surface area contributed by atoms with Crippen molar-refractivity contribution in [3.05, 3.63) is 86.9 Å². The van der Waals surface area contributed by atoms with Gasteiger partial charge in [-0.3, -0.25) is 9.59 Å². The average molecular weight is 617 g/mol. The topological polar surface area (TPSA) is 98.2 Å². The lowest BCUT2D eigenvalue weighted by Crippen LogP contribution is -2.50. The maximum Gasteiger partial charge on any atom is 0.262 e. The van der Waals surface area contributed by atoms with Crippen LogP contribution in [-0.4, -0.2) is 43.4 Å². The molecule has 0 bridgehead atoms. The molecule has 0 heterocycles. The number of nitrogens with zero attached hydrogens (tertiary/aromatic N) is 1. The highest BCUT2D eigenvalue weighted by molar-refractivity contribution is 6.35. The fourth-order valence-corrected chi connectivity index (χ4v) is 4.32. The largest absolute Gasteiger partial charge is 0.490 e. The van der Waals surface area contributed by atoms with E-state index in [0.717, 1.165) is 5.56 Å². The zero-order chi connectivity index (χ0) is 29.8. The molecule has 0 saturated carbocycles. The minimum Gasteiger partial charge on any atom is -0.490 e. The van der Waals surface area contributed by atoms with Gasteiger partial charge in [-0.25, -0.2) is 5.43 Å². The fourth-order valence-electron chi connectivity index (χ4n) is 3.59. The monoisotopic (exact) mass is 615 g/mol. The highest BCUT2D eigenvalue weighted by Gasteiger charge is 2.25. The first kappa shape index (κ1) is 31.6. The maximum absolute atomic E-state index is 13.1. The van der Waals surface area contributed by atoms with Crippen molar-refractivity contribution in [2.24, 2.45) is 5.10 Å². The molecule has 3 aromatic rings. The summed E-state index contributed by atoms with van der Waals surface area (Å²) >= 11 is 18.5. The number of amides is 2. The number of hydrazone groups is 1. The Morgan fingerprint density at radius 1 is 1.00 bits per heavy atom. The minimum absolute atomic E-state index is 0.0220. The van der Waals surface area contributed by atoms with Crippen molar-refractivity contribution in [1.82, 2.24) is 10.7 Å². The van der Waals surface area contributed by atoms with Gasteiger partial charge in [-0.1, -0.05) is 71.1 Å². The van der Waals surface area contributed by atoms with E-state index in [-0.39, 0.29) is 28.8 Å². The van der Waals surface area contributed by atoms with E-state index in [1.54, 1.807) is 31.2 Å². The van der Waals surface area contributed by atoms with Gasteiger partial charge in [0.2, 0.25) is 0 Å². The summed E-state index contributed by atoms with van der Waals surface area (Å²) in [5, 5.41) is 7.75. The second-order valence-corrected chi connectivity index (χ2v) is 9.83.